The van der Waals surface area contributed by atoms with Crippen LogP contribution in [0.5, 0.6) is 5.75 Å². The molecule has 2 aliphatic heterocycles. The average Bonchev–Trinajstić information content (AvgIpc) is 2.97. The molecule has 41 heavy (non-hydrogen) atoms. The number of likely N-dealkylation sites (tertiary alicyclic amines) is 2. The number of nitrogens with two attached hydrogens (primary N) is 1. The Bertz CT molecular complexity index is 1190. The molecule has 0 spiro atoms. The SMILES string of the molecule is CC(=O)N1CCC(C(=O)N(CCCN2CCC(Cc3ccc(OCC(N)=O)cc3)CC2)c2ccc(C)c(Cl)c2)CC1. The van der Waals surface area contributed by atoms with E-state index in [1.165, 1.54) is 5.56 Å². The van der Waals surface area contributed by atoms with Crippen LogP contribution in [0.1, 0.15) is 50.2 Å². The van der Waals surface area contributed by atoms with Gasteiger partial charge in [0.2, 0.25) is 11.8 Å². The van der Waals surface area contributed by atoms with Crippen LogP contribution in [0.25, 0.3) is 0 Å². The van der Waals surface area contributed by atoms with Gasteiger partial charge in [0.25, 0.3) is 5.91 Å². The molecule has 0 atom stereocenters. The number of hydrogen-bond donors (Lipinski definition) is 1. The Balaban J connectivity index is 1.26. The lowest BCUT2D eigenvalue weighted by Crippen LogP contribution is -2.45. The highest BCUT2D eigenvalue weighted by Crippen LogP contribution is 2.28. The number of hydrogen-bond acceptors (Lipinski definition) is 5. The monoisotopic (exact) mass is 582 g/mol. The molecule has 3 amide bonds. The number of carbonyl (C=O) groups excluding carboxylic acids is 3. The summed E-state index contributed by atoms with van der Waals surface area (Å²) in [4.78, 5) is 42.6. The van der Waals surface area contributed by atoms with E-state index in [0.29, 0.717) is 49.2 Å². The molecule has 222 valence electrons. The molecular weight excluding hydrogens is 540 g/mol. The third-order valence-electron chi connectivity index (χ3n) is 8.41. The topological polar surface area (TPSA) is 96.2 Å². The van der Waals surface area contributed by atoms with Crippen molar-refractivity contribution in [3.63, 3.8) is 0 Å². The van der Waals surface area contributed by atoms with Gasteiger partial charge in [-0.1, -0.05) is 29.8 Å². The van der Waals surface area contributed by atoms with Gasteiger partial charge >= 0.3 is 0 Å². The minimum Gasteiger partial charge on any atom is -0.484 e. The highest BCUT2D eigenvalue weighted by atomic mass is 35.5. The summed E-state index contributed by atoms with van der Waals surface area (Å²) in [6.07, 6.45) is 5.61. The molecule has 8 nitrogen and oxygen atoms in total. The number of halogens is 1. The molecule has 0 unspecified atom stereocenters. The van der Waals surface area contributed by atoms with Gasteiger partial charge in [-0.15, -0.1) is 0 Å². The summed E-state index contributed by atoms with van der Waals surface area (Å²) < 4.78 is 5.36. The number of rotatable bonds is 11. The number of anilines is 1. The van der Waals surface area contributed by atoms with Crippen LogP contribution < -0.4 is 15.4 Å². The molecule has 2 aromatic carbocycles. The van der Waals surface area contributed by atoms with E-state index in [2.05, 4.69) is 17.0 Å². The molecule has 2 N–H and O–H groups in total. The smallest absolute Gasteiger partial charge is 0.255 e. The van der Waals surface area contributed by atoms with E-state index in [1.54, 1.807) is 6.92 Å². The van der Waals surface area contributed by atoms with Crippen LogP contribution in [0.4, 0.5) is 5.69 Å². The van der Waals surface area contributed by atoms with Crippen molar-refractivity contribution in [2.75, 3.05) is 50.8 Å². The van der Waals surface area contributed by atoms with Gasteiger partial charge < -0.3 is 25.2 Å². The van der Waals surface area contributed by atoms with Crippen LogP contribution in [0.15, 0.2) is 42.5 Å². The third-order valence-corrected chi connectivity index (χ3v) is 8.82. The maximum Gasteiger partial charge on any atom is 0.255 e. The zero-order valence-electron chi connectivity index (χ0n) is 24.3. The molecular formula is C32H43ClN4O4. The molecule has 2 aliphatic rings. The minimum absolute atomic E-state index is 0.0754. The molecule has 0 bridgehead atoms. The Kier molecular flexibility index (Phi) is 11.1. The molecule has 0 radical (unpaired) electrons. The number of piperidine rings is 2. The van der Waals surface area contributed by atoms with E-state index in [9.17, 15) is 14.4 Å². The second-order valence-corrected chi connectivity index (χ2v) is 11.9. The summed E-state index contributed by atoms with van der Waals surface area (Å²) in [5.74, 6) is 0.947. The molecule has 2 heterocycles. The Morgan fingerprint density at radius 2 is 1.68 bits per heavy atom. The normalized spacial score (nSPS) is 16.9. The maximum absolute atomic E-state index is 13.7. The van der Waals surface area contributed by atoms with Gasteiger partial charge in [-0.2, -0.15) is 0 Å². The van der Waals surface area contributed by atoms with Gasteiger partial charge in [-0.05, 0) is 106 Å². The van der Waals surface area contributed by atoms with Gasteiger partial charge in [-0.25, -0.2) is 0 Å². The molecule has 2 aromatic rings. The standard InChI is InChI=1S/C32H43ClN4O4/c1-23-4-7-28(21-30(23)33)37(32(40)27-12-18-36(19-13-27)24(2)38)15-3-14-35-16-10-26(11-17-35)20-25-5-8-29(9-6-25)41-22-31(34)39/h4-9,21,26-27H,3,10-20,22H2,1-2H3,(H2,34,39). The number of ether oxygens (including phenoxy) is 1. The van der Waals surface area contributed by atoms with E-state index in [0.717, 1.165) is 56.6 Å². The molecule has 0 saturated carbocycles. The maximum atomic E-state index is 13.7. The highest BCUT2D eigenvalue weighted by molar-refractivity contribution is 6.31. The van der Waals surface area contributed by atoms with Crippen molar-refractivity contribution >= 4 is 35.0 Å². The summed E-state index contributed by atoms with van der Waals surface area (Å²) in [6, 6.07) is 13.8. The van der Waals surface area contributed by atoms with Crippen LogP contribution in [-0.2, 0) is 20.8 Å². The lowest BCUT2D eigenvalue weighted by Gasteiger charge is -2.35. The quantitative estimate of drug-likeness (QED) is 0.422. The van der Waals surface area contributed by atoms with Crippen molar-refractivity contribution in [1.82, 2.24) is 9.80 Å². The Labute approximate surface area is 248 Å². The third kappa shape index (κ3) is 8.94. The number of nitrogens with zero attached hydrogens (tertiary/aromatic N) is 3. The fourth-order valence-electron chi connectivity index (χ4n) is 5.85. The first-order valence-corrected chi connectivity index (χ1v) is 15.1. The van der Waals surface area contributed by atoms with Gasteiger partial charge in [-0.3, -0.25) is 14.4 Å². The molecule has 0 aliphatic carbocycles. The molecule has 2 fully saturated rings. The van der Waals surface area contributed by atoms with Gasteiger partial charge in [0.1, 0.15) is 5.75 Å². The van der Waals surface area contributed by atoms with Crippen LogP contribution in [0, 0.1) is 18.8 Å². The summed E-state index contributed by atoms with van der Waals surface area (Å²) in [7, 11) is 0. The number of benzene rings is 2. The van der Waals surface area contributed by atoms with Crippen LogP contribution in [0.2, 0.25) is 5.02 Å². The van der Waals surface area contributed by atoms with Crippen molar-refractivity contribution in [2.24, 2.45) is 17.6 Å². The lowest BCUT2D eigenvalue weighted by atomic mass is 9.90. The van der Waals surface area contributed by atoms with E-state index in [4.69, 9.17) is 22.1 Å². The number of carbonyl (C=O) groups is 3. The summed E-state index contributed by atoms with van der Waals surface area (Å²) in [6.45, 7) is 8.43. The van der Waals surface area contributed by atoms with Gasteiger partial charge in [0.15, 0.2) is 6.61 Å². The molecule has 4 rings (SSSR count). The Morgan fingerprint density at radius 3 is 2.29 bits per heavy atom. The minimum atomic E-state index is -0.480. The van der Waals surface area contributed by atoms with E-state index in [-0.39, 0.29) is 24.3 Å². The number of primary amides is 1. The lowest BCUT2D eigenvalue weighted by molar-refractivity contribution is -0.133. The summed E-state index contributed by atoms with van der Waals surface area (Å²) in [5, 5.41) is 0.668. The number of aryl methyl sites for hydroxylation is 1. The predicted octanol–water partition coefficient (Wildman–Crippen LogP) is 4.45. The van der Waals surface area contributed by atoms with Crippen LogP contribution in [-0.4, -0.2) is 73.4 Å². The van der Waals surface area contributed by atoms with E-state index >= 15 is 0 Å². The Morgan fingerprint density at radius 1 is 1.00 bits per heavy atom. The van der Waals surface area contributed by atoms with Crippen molar-refractivity contribution in [2.45, 2.75) is 52.4 Å². The van der Waals surface area contributed by atoms with Gasteiger partial charge in [0, 0.05) is 43.2 Å². The average molecular weight is 583 g/mol. The summed E-state index contributed by atoms with van der Waals surface area (Å²) >= 11 is 6.45. The van der Waals surface area contributed by atoms with E-state index < -0.39 is 5.91 Å². The second-order valence-electron chi connectivity index (χ2n) is 11.4. The van der Waals surface area contributed by atoms with Crippen LogP contribution >= 0.6 is 11.6 Å². The highest BCUT2D eigenvalue weighted by Gasteiger charge is 2.30. The molecule has 0 aromatic heterocycles. The van der Waals surface area contributed by atoms with E-state index in [1.807, 2.05) is 47.1 Å². The fourth-order valence-corrected chi connectivity index (χ4v) is 6.03. The predicted molar refractivity (Wildman–Crippen MR) is 162 cm³/mol. The first kappa shape index (κ1) is 30.8. The van der Waals surface area contributed by atoms with Crippen molar-refractivity contribution < 1.29 is 19.1 Å². The zero-order chi connectivity index (χ0) is 29.4. The molecule has 9 heteroatoms. The molecule has 2 saturated heterocycles. The zero-order valence-corrected chi connectivity index (χ0v) is 25.1. The van der Waals surface area contributed by atoms with Crippen molar-refractivity contribution in [3.8, 4) is 5.75 Å². The van der Waals surface area contributed by atoms with Crippen LogP contribution in [0.3, 0.4) is 0 Å². The first-order valence-electron chi connectivity index (χ1n) is 14.7. The number of amides is 3. The first-order chi connectivity index (χ1) is 19.7. The van der Waals surface area contributed by atoms with Crippen molar-refractivity contribution in [1.29, 1.82) is 0 Å². The Hall–Kier alpha value is -3.10. The van der Waals surface area contributed by atoms with Crippen molar-refractivity contribution in [3.05, 3.63) is 58.6 Å². The second kappa shape index (κ2) is 14.7. The van der Waals surface area contributed by atoms with Gasteiger partial charge in [0.05, 0.1) is 0 Å². The summed E-state index contributed by atoms with van der Waals surface area (Å²) in [5.41, 5.74) is 8.26. The largest absolute Gasteiger partial charge is 0.484 e. The fraction of sp³-hybridized carbons (Fsp3) is 0.531.